The molecule has 0 spiro atoms. The Kier molecular flexibility index (Phi) is 4.67. The molecule has 0 aromatic heterocycles. The van der Waals surface area contributed by atoms with Crippen LogP contribution in [0, 0.1) is 27.4 Å². The van der Waals surface area contributed by atoms with Gasteiger partial charge in [0.25, 0.3) is 5.69 Å². The van der Waals surface area contributed by atoms with Gasteiger partial charge >= 0.3 is 0 Å². The Hall–Kier alpha value is -2.09. The van der Waals surface area contributed by atoms with Gasteiger partial charge in [-0.2, -0.15) is 5.26 Å². The van der Waals surface area contributed by atoms with Crippen molar-refractivity contribution in [3.63, 3.8) is 0 Å². The first kappa shape index (κ1) is 14.0. The lowest BCUT2D eigenvalue weighted by Crippen LogP contribution is -2.23. The fourth-order valence-corrected chi connectivity index (χ4v) is 1.63. The van der Waals surface area contributed by atoms with Crippen LogP contribution in [0.2, 0.25) is 0 Å². The lowest BCUT2D eigenvalue weighted by atomic mass is 10.0. The summed E-state index contributed by atoms with van der Waals surface area (Å²) in [5.41, 5.74) is 0.606. The number of nitrogens with zero attached hydrogens (tertiary/aromatic N) is 2. The minimum atomic E-state index is -0.530. The summed E-state index contributed by atoms with van der Waals surface area (Å²) in [4.78, 5) is 10.3. The topological polar surface area (TPSA) is 79.0 Å². The van der Waals surface area contributed by atoms with E-state index in [0.717, 1.165) is 6.42 Å². The number of nitrogens with one attached hydrogen (secondary N) is 1. The molecule has 0 radical (unpaired) electrons. The minimum Gasteiger partial charge on any atom is -0.382 e. The van der Waals surface area contributed by atoms with E-state index in [2.05, 4.69) is 19.2 Å². The number of nitriles is 1. The highest BCUT2D eigenvalue weighted by atomic mass is 16.6. The van der Waals surface area contributed by atoms with Gasteiger partial charge in [0, 0.05) is 17.8 Å². The molecule has 96 valence electrons. The third-order valence-corrected chi connectivity index (χ3v) is 3.21. The Morgan fingerprint density at radius 3 is 2.67 bits per heavy atom. The summed E-state index contributed by atoms with van der Waals surface area (Å²) in [6.07, 6.45) is 1.03. The Morgan fingerprint density at radius 2 is 2.17 bits per heavy atom. The van der Waals surface area contributed by atoms with Crippen LogP contribution in [0.4, 0.5) is 11.4 Å². The van der Waals surface area contributed by atoms with Crippen molar-refractivity contribution in [3.05, 3.63) is 33.9 Å². The molecule has 2 unspecified atom stereocenters. The summed E-state index contributed by atoms with van der Waals surface area (Å²) in [6, 6.07) is 6.64. The van der Waals surface area contributed by atoms with Crippen molar-refractivity contribution in [2.24, 2.45) is 5.92 Å². The Bertz CT molecular complexity index is 480. The molecule has 0 aliphatic heterocycles. The Morgan fingerprint density at radius 1 is 1.50 bits per heavy atom. The molecule has 0 aliphatic carbocycles. The van der Waals surface area contributed by atoms with Gasteiger partial charge in [0.1, 0.15) is 11.6 Å². The van der Waals surface area contributed by atoms with E-state index in [1.54, 1.807) is 6.07 Å². The molecule has 0 fully saturated rings. The molecule has 0 aliphatic rings. The van der Waals surface area contributed by atoms with Gasteiger partial charge in [-0.3, -0.25) is 10.1 Å². The molecule has 0 saturated carbocycles. The van der Waals surface area contributed by atoms with E-state index in [1.165, 1.54) is 12.1 Å². The van der Waals surface area contributed by atoms with Gasteiger partial charge in [0.05, 0.1) is 4.92 Å². The molecule has 0 bridgehead atoms. The smallest absolute Gasteiger partial charge is 0.289 e. The highest BCUT2D eigenvalue weighted by Crippen LogP contribution is 2.24. The third-order valence-electron chi connectivity index (χ3n) is 3.21. The van der Waals surface area contributed by atoms with Crippen LogP contribution in [-0.2, 0) is 0 Å². The molecule has 0 saturated heterocycles. The fourth-order valence-electron chi connectivity index (χ4n) is 1.63. The second-order valence-corrected chi connectivity index (χ2v) is 4.42. The fraction of sp³-hybridized carbons (Fsp3) is 0.462. The van der Waals surface area contributed by atoms with E-state index in [1.807, 2.05) is 13.0 Å². The zero-order valence-electron chi connectivity index (χ0n) is 10.8. The van der Waals surface area contributed by atoms with E-state index in [4.69, 9.17) is 5.26 Å². The van der Waals surface area contributed by atoms with Gasteiger partial charge in [-0.25, -0.2) is 0 Å². The summed E-state index contributed by atoms with van der Waals surface area (Å²) in [7, 11) is 0. The summed E-state index contributed by atoms with van der Waals surface area (Å²) in [5, 5.41) is 22.9. The predicted octanol–water partition coefficient (Wildman–Crippen LogP) is 3.31. The molecule has 1 rings (SSSR count). The number of anilines is 1. The van der Waals surface area contributed by atoms with Gasteiger partial charge in [0.2, 0.25) is 0 Å². The van der Waals surface area contributed by atoms with Crippen LogP contribution < -0.4 is 5.32 Å². The quantitative estimate of drug-likeness (QED) is 0.639. The Balaban J connectivity index is 2.96. The van der Waals surface area contributed by atoms with Crippen LogP contribution in [0.5, 0.6) is 0 Å². The van der Waals surface area contributed by atoms with E-state index < -0.39 is 4.92 Å². The lowest BCUT2D eigenvalue weighted by Gasteiger charge is -2.21. The van der Waals surface area contributed by atoms with Crippen molar-refractivity contribution in [2.75, 3.05) is 5.32 Å². The van der Waals surface area contributed by atoms with Crippen LogP contribution in [-0.4, -0.2) is 11.0 Å². The van der Waals surface area contributed by atoms with E-state index >= 15 is 0 Å². The highest BCUT2D eigenvalue weighted by molar-refractivity contribution is 5.59. The average Bonchev–Trinajstić information content (AvgIpc) is 2.37. The molecule has 2 atom stereocenters. The summed E-state index contributed by atoms with van der Waals surface area (Å²) < 4.78 is 0. The average molecular weight is 247 g/mol. The van der Waals surface area contributed by atoms with Crippen molar-refractivity contribution >= 4 is 11.4 Å². The zero-order chi connectivity index (χ0) is 13.7. The first-order valence-corrected chi connectivity index (χ1v) is 5.94. The van der Waals surface area contributed by atoms with Crippen LogP contribution >= 0.6 is 0 Å². The van der Waals surface area contributed by atoms with E-state index in [9.17, 15) is 10.1 Å². The molecule has 0 heterocycles. The van der Waals surface area contributed by atoms with Gasteiger partial charge < -0.3 is 5.32 Å². The highest BCUT2D eigenvalue weighted by Gasteiger charge is 2.16. The summed E-state index contributed by atoms with van der Waals surface area (Å²) >= 11 is 0. The van der Waals surface area contributed by atoms with Crippen LogP contribution in [0.15, 0.2) is 18.2 Å². The second kappa shape index (κ2) is 6.01. The largest absolute Gasteiger partial charge is 0.382 e. The minimum absolute atomic E-state index is 0.0849. The van der Waals surface area contributed by atoms with Gasteiger partial charge in [-0.1, -0.05) is 20.3 Å². The molecule has 0 amide bonds. The number of benzene rings is 1. The van der Waals surface area contributed by atoms with E-state index in [-0.39, 0.29) is 17.3 Å². The SMILES string of the molecule is CCC(C)C(C)Nc1ccc(C#N)c([N+](=O)[O-])c1. The van der Waals surface area contributed by atoms with Crippen molar-refractivity contribution in [1.82, 2.24) is 0 Å². The molecule has 1 aromatic carbocycles. The molecule has 1 N–H and O–H groups in total. The number of rotatable bonds is 5. The maximum absolute atomic E-state index is 10.8. The number of hydrogen-bond acceptors (Lipinski definition) is 4. The zero-order valence-corrected chi connectivity index (χ0v) is 10.8. The maximum atomic E-state index is 10.8. The van der Waals surface area contributed by atoms with Crippen LogP contribution in [0.3, 0.4) is 0 Å². The summed E-state index contributed by atoms with van der Waals surface area (Å²) in [5.74, 6) is 0.472. The second-order valence-electron chi connectivity index (χ2n) is 4.42. The van der Waals surface area contributed by atoms with Crippen molar-refractivity contribution in [1.29, 1.82) is 5.26 Å². The molecule has 5 heteroatoms. The summed E-state index contributed by atoms with van der Waals surface area (Å²) in [6.45, 7) is 6.26. The number of nitro groups is 1. The Labute approximate surface area is 107 Å². The first-order chi connectivity index (χ1) is 8.49. The normalized spacial score (nSPS) is 13.4. The number of hydrogen-bond donors (Lipinski definition) is 1. The monoisotopic (exact) mass is 247 g/mol. The van der Waals surface area contributed by atoms with E-state index in [0.29, 0.717) is 11.6 Å². The first-order valence-electron chi connectivity index (χ1n) is 5.94. The molecular weight excluding hydrogens is 230 g/mol. The molecule has 18 heavy (non-hydrogen) atoms. The number of nitro benzene ring substituents is 1. The van der Waals surface area contributed by atoms with Gasteiger partial charge in [-0.15, -0.1) is 0 Å². The van der Waals surface area contributed by atoms with Gasteiger partial charge in [0.15, 0.2) is 0 Å². The van der Waals surface area contributed by atoms with Crippen molar-refractivity contribution < 1.29 is 4.92 Å². The van der Waals surface area contributed by atoms with Crippen molar-refractivity contribution in [2.45, 2.75) is 33.2 Å². The van der Waals surface area contributed by atoms with Crippen LogP contribution in [0.25, 0.3) is 0 Å². The molecular formula is C13H17N3O2. The molecule has 5 nitrogen and oxygen atoms in total. The maximum Gasteiger partial charge on any atom is 0.289 e. The standard InChI is InChI=1S/C13H17N3O2/c1-4-9(2)10(3)15-12-6-5-11(8-14)13(7-12)16(17)18/h5-7,9-10,15H,4H2,1-3H3. The van der Waals surface area contributed by atoms with Crippen molar-refractivity contribution in [3.8, 4) is 6.07 Å². The third kappa shape index (κ3) is 3.20. The molecule has 1 aromatic rings. The van der Waals surface area contributed by atoms with Gasteiger partial charge in [-0.05, 0) is 25.0 Å². The van der Waals surface area contributed by atoms with Crippen LogP contribution in [0.1, 0.15) is 32.8 Å². The lowest BCUT2D eigenvalue weighted by molar-refractivity contribution is -0.385. The predicted molar refractivity (Wildman–Crippen MR) is 70.4 cm³/mol.